The van der Waals surface area contributed by atoms with Crippen LogP contribution in [0.3, 0.4) is 0 Å². The molecule has 19 heavy (non-hydrogen) atoms. The SMILES string of the molecule is CC(=O)N1c2ccc(C)cc2[C@@H]2CN(C)CCC[C@H]21. The van der Waals surface area contributed by atoms with Gasteiger partial charge in [0.2, 0.25) is 5.91 Å². The largest absolute Gasteiger partial charge is 0.309 e. The van der Waals surface area contributed by atoms with Crippen LogP contribution < -0.4 is 4.90 Å². The van der Waals surface area contributed by atoms with Crippen molar-refractivity contribution < 1.29 is 4.79 Å². The van der Waals surface area contributed by atoms with Gasteiger partial charge >= 0.3 is 0 Å². The van der Waals surface area contributed by atoms with E-state index in [9.17, 15) is 4.79 Å². The van der Waals surface area contributed by atoms with Gasteiger partial charge in [0.1, 0.15) is 0 Å². The highest BCUT2D eigenvalue weighted by Gasteiger charge is 2.41. The second-order valence-electron chi connectivity index (χ2n) is 6.03. The molecule has 0 saturated carbocycles. The first kappa shape index (κ1) is 12.7. The summed E-state index contributed by atoms with van der Waals surface area (Å²) in [5, 5.41) is 0. The van der Waals surface area contributed by atoms with Gasteiger partial charge in [-0.05, 0) is 45.0 Å². The third kappa shape index (κ3) is 2.06. The minimum absolute atomic E-state index is 0.183. The Morgan fingerprint density at radius 1 is 1.37 bits per heavy atom. The van der Waals surface area contributed by atoms with Gasteiger partial charge in [0.25, 0.3) is 0 Å². The number of likely N-dealkylation sites (tertiary alicyclic amines) is 1. The lowest BCUT2D eigenvalue weighted by molar-refractivity contribution is -0.117. The van der Waals surface area contributed by atoms with E-state index < -0.39 is 0 Å². The summed E-state index contributed by atoms with van der Waals surface area (Å²) < 4.78 is 0. The average Bonchev–Trinajstić information content (AvgIpc) is 2.51. The predicted octanol–water partition coefficient (Wildman–Crippen LogP) is 2.54. The number of benzene rings is 1. The van der Waals surface area contributed by atoms with Crippen molar-refractivity contribution in [1.29, 1.82) is 0 Å². The molecule has 1 aromatic carbocycles. The molecule has 3 rings (SSSR count). The van der Waals surface area contributed by atoms with E-state index >= 15 is 0 Å². The number of fused-ring (bicyclic) bond motifs is 3. The zero-order valence-electron chi connectivity index (χ0n) is 12.0. The number of anilines is 1. The summed E-state index contributed by atoms with van der Waals surface area (Å²) in [6.45, 7) is 6.03. The number of rotatable bonds is 0. The summed E-state index contributed by atoms with van der Waals surface area (Å²) in [6.07, 6.45) is 2.29. The molecule has 0 spiro atoms. The Kier molecular flexibility index (Phi) is 3.09. The van der Waals surface area contributed by atoms with Crippen molar-refractivity contribution in [3.8, 4) is 0 Å². The Balaban J connectivity index is 2.08. The molecule has 2 aliphatic heterocycles. The molecule has 0 unspecified atom stereocenters. The van der Waals surface area contributed by atoms with Crippen molar-refractivity contribution in [2.45, 2.75) is 38.6 Å². The fourth-order valence-corrected chi connectivity index (χ4v) is 3.71. The van der Waals surface area contributed by atoms with E-state index in [1.165, 1.54) is 17.5 Å². The number of nitrogens with zero attached hydrogens (tertiary/aromatic N) is 2. The molecule has 0 aliphatic carbocycles. The van der Waals surface area contributed by atoms with Gasteiger partial charge in [-0.15, -0.1) is 0 Å². The molecule has 3 heteroatoms. The normalized spacial score (nSPS) is 26.8. The van der Waals surface area contributed by atoms with E-state index in [-0.39, 0.29) is 5.91 Å². The molecule has 0 aromatic heterocycles. The average molecular weight is 258 g/mol. The molecular formula is C16H22N2O. The maximum Gasteiger partial charge on any atom is 0.224 e. The van der Waals surface area contributed by atoms with E-state index in [0.29, 0.717) is 12.0 Å². The molecule has 2 aliphatic rings. The zero-order chi connectivity index (χ0) is 13.6. The number of likely N-dealkylation sites (N-methyl/N-ethyl adjacent to an activating group) is 1. The summed E-state index contributed by atoms with van der Waals surface area (Å²) in [4.78, 5) is 16.5. The number of hydrogen-bond donors (Lipinski definition) is 0. The molecule has 2 atom stereocenters. The van der Waals surface area contributed by atoms with Crippen molar-refractivity contribution in [3.05, 3.63) is 29.3 Å². The van der Waals surface area contributed by atoms with Crippen molar-refractivity contribution in [2.75, 3.05) is 25.0 Å². The maximum atomic E-state index is 12.1. The van der Waals surface area contributed by atoms with Gasteiger partial charge in [-0.1, -0.05) is 17.7 Å². The summed E-state index contributed by atoms with van der Waals surface area (Å²) >= 11 is 0. The van der Waals surface area contributed by atoms with Crippen LogP contribution in [0.25, 0.3) is 0 Å². The summed E-state index contributed by atoms with van der Waals surface area (Å²) in [7, 11) is 2.19. The topological polar surface area (TPSA) is 23.6 Å². The van der Waals surface area contributed by atoms with Crippen LogP contribution >= 0.6 is 0 Å². The number of carbonyl (C=O) groups is 1. The molecule has 0 radical (unpaired) electrons. The molecular weight excluding hydrogens is 236 g/mol. The Bertz CT molecular complexity index is 511. The van der Waals surface area contributed by atoms with Crippen molar-refractivity contribution >= 4 is 11.6 Å². The Morgan fingerprint density at radius 2 is 2.16 bits per heavy atom. The van der Waals surface area contributed by atoms with Gasteiger partial charge in [-0.25, -0.2) is 0 Å². The van der Waals surface area contributed by atoms with E-state index in [0.717, 1.165) is 25.2 Å². The zero-order valence-corrected chi connectivity index (χ0v) is 12.0. The number of carbonyl (C=O) groups excluding carboxylic acids is 1. The van der Waals surface area contributed by atoms with Gasteiger partial charge < -0.3 is 9.80 Å². The van der Waals surface area contributed by atoms with Crippen LogP contribution in [-0.2, 0) is 4.79 Å². The van der Waals surface area contributed by atoms with Crippen LogP contribution in [0.1, 0.15) is 36.8 Å². The van der Waals surface area contributed by atoms with E-state index in [4.69, 9.17) is 0 Å². The van der Waals surface area contributed by atoms with Crippen LogP contribution in [0, 0.1) is 6.92 Å². The molecule has 2 heterocycles. The smallest absolute Gasteiger partial charge is 0.224 e. The highest BCUT2D eigenvalue weighted by molar-refractivity contribution is 5.95. The standard InChI is InChI=1S/C16H22N2O/c1-11-6-7-16-13(9-11)14-10-17(3)8-4-5-15(14)18(16)12(2)19/h6-7,9,14-15H,4-5,8,10H2,1-3H3/t14-,15+/m0/s1. The second kappa shape index (κ2) is 4.64. The molecule has 102 valence electrons. The molecule has 1 saturated heterocycles. The monoisotopic (exact) mass is 258 g/mol. The predicted molar refractivity (Wildman–Crippen MR) is 77.6 cm³/mol. The maximum absolute atomic E-state index is 12.1. The van der Waals surface area contributed by atoms with Crippen LogP contribution in [0.4, 0.5) is 5.69 Å². The van der Waals surface area contributed by atoms with Crippen LogP contribution in [0.5, 0.6) is 0 Å². The number of aryl methyl sites for hydroxylation is 1. The molecule has 0 bridgehead atoms. The van der Waals surface area contributed by atoms with E-state index in [1.54, 1.807) is 6.92 Å². The Hall–Kier alpha value is -1.35. The van der Waals surface area contributed by atoms with Crippen LogP contribution in [0.15, 0.2) is 18.2 Å². The fraction of sp³-hybridized carbons (Fsp3) is 0.562. The van der Waals surface area contributed by atoms with Gasteiger partial charge in [0.05, 0.1) is 0 Å². The molecule has 3 nitrogen and oxygen atoms in total. The molecule has 0 N–H and O–H groups in total. The molecule has 1 amide bonds. The second-order valence-corrected chi connectivity index (χ2v) is 6.03. The first-order valence-electron chi connectivity index (χ1n) is 7.17. The Labute approximate surface area is 115 Å². The lowest BCUT2D eigenvalue weighted by atomic mass is 9.92. The third-order valence-corrected chi connectivity index (χ3v) is 4.53. The molecule has 1 fully saturated rings. The lowest BCUT2D eigenvalue weighted by Gasteiger charge is -2.26. The van der Waals surface area contributed by atoms with Crippen molar-refractivity contribution in [3.63, 3.8) is 0 Å². The number of hydrogen-bond acceptors (Lipinski definition) is 2. The number of amides is 1. The first-order valence-corrected chi connectivity index (χ1v) is 7.17. The minimum atomic E-state index is 0.183. The van der Waals surface area contributed by atoms with Gasteiger partial charge in [0.15, 0.2) is 0 Å². The van der Waals surface area contributed by atoms with Crippen molar-refractivity contribution in [1.82, 2.24) is 4.90 Å². The highest BCUT2D eigenvalue weighted by Crippen LogP contribution is 2.44. The lowest BCUT2D eigenvalue weighted by Crippen LogP contribution is -2.38. The van der Waals surface area contributed by atoms with E-state index in [2.05, 4.69) is 37.1 Å². The van der Waals surface area contributed by atoms with Crippen LogP contribution in [0.2, 0.25) is 0 Å². The third-order valence-electron chi connectivity index (χ3n) is 4.53. The summed E-state index contributed by atoms with van der Waals surface area (Å²) in [6, 6.07) is 6.87. The fourth-order valence-electron chi connectivity index (χ4n) is 3.71. The van der Waals surface area contributed by atoms with E-state index in [1.807, 2.05) is 4.90 Å². The minimum Gasteiger partial charge on any atom is -0.309 e. The summed E-state index contributed by atoms with van der Waals surface area (Å²) in [5.74, 6) is 0.661. The first-order chi connectivity index (χ1) is 9.08. The Morgan fingerprint density at radius 3 is 2.89 bits per heavy atom. The van der Waals surface area contributed by atoms with Gasteiger partial charge in [-0.2, -0.15) is 0 Å². The summed E-state index contributed by atoms with van der Waals surface area (Å²) in [5.41, 5.74) is 3.80. The quantitative estimate of drug-likeness (QED) is 0.714. The van der Waals surface area contributed by atoms with Gasteiger partial charge in [-0.3, -0.25) is 4.79 Å². The van der Waals surface area contributed by atoms with Crippen molar-refractivity contribution in [2.24, 2.45) is 0 Å². The molecule has 1 aromatic rings. The van der Waals surface area contributed by atoms with Crippen LogP contribution in [-0.4, -0.2) is 37.0 Å². The highest BCUT2D eigenvalue weighted by atomic mass is 16.2. The van der Waals surface area contributed by atoms with Gasteiger partial charge in [0, 0.05) is 31.1 Å².